The molecule has 0 unspecified atom stereocenters. The highest BCUT2D eigenvalue weighted by Gasteiger charge is 2.83. The van der Waals surface area contributed by atoms with E-state index in [2.05, 4.69) is 10.7 Å². The quantitative estimate of drug-likeness (QED) is 0.299. The summed E-state index contributed by atoms with van der Waals surface area (Å²) in [5.74, 6) is -13.5. The minimum absolute atomic E-state index is 0.522. The van der Waals surface area contributed by atoms with Crippen molar-refractivity contribution in [2.24, 2.45) is 0 Å². The molecule has 0 aromatic rings. The molecule has 0 amide bonds. The highest BCUT2D eigenvalue weighted by Crippen LogP contribution is 2.56. The molecule has 0 saturated carbocycles. The third kappa shape index (κ3) is 2.57. The molecular formula is C4ClF8IO2S. The van der Waals surface area contributed by atoms with E-state index in [9.17, 15) is 43.5 Å². The van der Waals surface area contributed by atoms with Crippen LogP contribution >= 0.6 is 33.3 Å². The van der Waals surface area contributed by atoms with Crippen molar-refractivity contribution < 1.29 is 43.5 Å². The van der Waals surface area contributed by atoms with E-state index in [0.717, 1.165) is 0 Å². The molecule has 0 aromatic carbocycles. The molecule has 0 aliphatic heterocycles. The van der Waals surface area contributed by atoms with Crippen LogP contribution in [0, 0.1) is 0 Å². The van der Waals surface area contributed by atoms with Crippen molar-refractivity contribution in [3.63, 3.8) is 0 Å². The molecule has 0 aliphatic carbocycles. The van der Waals surface area contributed by atoms with Crippen LogP contribution in [0.1, 0.15) is 0 Å². The van der Waals surface area contributed by atoms with E-state index in [1.807, 2.05) is 0 Å². The third-order valence-corrected chi connectivity index (χ3v) is 3.55. The molecule has 0 aliphatic rings. The summed E-state index contributed by atoms with van der Waals surface area (Å²) in [7, 11) is -2.70. The predicted octanol–water partition coefficient (Wildman–Crippen LogP) is 3.45. The Bertz CT molecular complexity index is 400. The van der Waals surface area contributed by atoms with Gasteiger partial charge in [0, 0.05) is 33.3 Å². The second-order valence-electron chi connectivity index (χ2n) is 2.60. The topological polar surface area (TPSA) is 34.1 Å². The van der Waals surface area contributed by atoms with Crippen LogP contribution in [0.25, 0.3) is 0 Å². The summed E-state index contributed by atoms with van der Waals surface area (Å²) in [4.78, 5) is 0. The van der Waals surface area contributed by atoms with Gasteiger partial charge in [0.2, 0.25) is 0 Å². The monoisotopic (exact) mass is 426 g/mol. The summed E-state index contributed by atoms with van der Waals surface area (Å²) in [5.41, 5.74) is 0. The van der Waals surface area contributed by atoms with E-state index < -0.39 is 52.7 Å². The SMILES string of the molecule is O=S(=O)(Cl)C(F)(F)C(F)(F)C(F)(F)C(F)(F)I. The van der Waals surface area contributed by atoms with Gasteiger partial charge in [-0.3, -0.25) is 0 Å². The fourth-order valence-electron chi connectivity index (χ4n) is 0.514. The Morgan fingerprint density at radius 1 is 0.824 bits per heavy atom. The van der Waals surface area contributed by atoms with Crippen LogP contribution in [0.15, 0.2) is 0 Å². The van der Waals surface area contributed by atoms with Crippen molar-refractivity contribution in [2.45, 2.75) is 21.0 Å². The van der Waals surface area contributed by atoms with Gasteiger partial charge in [-0.2, -0.15) is 35.1 Å². The first-order valence-corrected chi connectivity index (χ1v) is 6.53. The van der Waals surface area contributed by atoms with Crippen molar-refractivity contribution in [2.75, 3.05) is 0 Å². The lowest BCUT2D eigenvalue weighted by atomic mass is 10.2. The molecule has 0 N–H and O–H groups in total. The van der Waals surface area contributed by atoms with E-state index in [1.165, 1.54) is 0 Å². The van der Waals surface area contributed by atoms with E-state index in [0.29, 0.717) is 0 Å². The van der Waals surface area contributed by atoms with Gasteiger partial charge in [-0.25, -0.2) is 8.42 Å². The lowest BCUT2D eigenvalue weighted by molar-refractivity contribution is -0.319. The zero-order valence-electron chi connectivity index (χ0n) is 7.00. The van der Waals surface area contributed by atoms with Crippen LogP contribution < -0.4 is 0 Å². The summed E-state index contributed by atoms with van der Waals surface area (Å²) in [5, 5.41) is -6.56. The largest absolute Gasteiger partial charge is 0.427 e. The molecule has 0 fully saturated rings. The van der Waals surface area contributed by atoms with E-state index in [1.54, 1.807) is 0 Å². The number of hydrogen-bond donors (Lipinski definition) is 0. The Kier molecular flexibility index (Phi) is 4.32. The number of rotatable bonds is 4. The second-order valence-corrected chi connectivity index (χ2v) is 6.56. The normalized spacial score (nSPS) is 16.1. The van der Waals surface area contributed by atoms with Crippen molar-refractivity contribution in [3.8, 4) is 0 Å². The van der Waals surface area contributed by atoms with Gasteiger partial charge in [0.15, 0.2) is 0 Å². The first-order chi connectivity index (χ1) is 7.00. The van der Waals surface area contributed by atoms with Crippen molar-refractivity contribution in [1.29, 1.82) is 0 Å². The Hall–Kier alpha value is 0.410. The summed E-state index contributed by atoms with van der Waals surface area (Å²) in [6.45, 7) is 0. The van der Waals surface area contributed by atoms with Crippen LogP contribution in [0.4, 0.5) is 35.1 Å². The first-order valence-electron chi connectivity index (χ1n) is 3.14. The number of alkyl halides is 9. The van der Waals surface area contributed by atoms with E-state index in [-0.39, 0.29) is 0 Å². The molecular weight excluding hydrogens is 426 g/mol. The van der Waals surface area contributed by atoms with Crippen LogP contribution in [-0.4, -0.2) is 29.4 Å². The summed E-state index contributed by atoms with van der Waals surface area (Å²) in [6, 6.07) is 0. The third-order valence-electron chi connectivity index (χ3n) is 1.42. The summed E-state index contributed by atoms with van der Waals surface area (Å²) >= 11 is -0.522. The molecule has 2 nitrogen and oxygen atoms in total. The van der Waals surface area contributed by atoms with Crippen LogP contribution in [0.3, 0.4) is 0 Å². The lowest BCUT2D eigenvalue weighted by Crippen LogP contribution is -2.62. The highest BCUT2D eigenvalue weighted by molar-refractivity contribution is 14.1. The average molecular weight is 426 g/mol. The fraction of sp³-hybridized carbons (Fsp3) is 1.00. The smallest absolute Gasteiger partial charge is 0.206 e. The molecule has 0 saturated heterocycles. The zero-order chi connectivity index (χ0) is 14.5. The molecule has 0 aromatic heterocycles. The second kappa shape index (κ2) is 4.21. The molecule has 0 heterocycles. The maximum atomic E-state index is 12.5. The molecule has 0 atom stereocenters. The molecule has 17 heavy (non-hydrogen) atoms. The van der Waals surface area contributed by atoms with Crippen LogP contribution in [-0.2, 0) is 9.05 Å². The Morgan fingerprint density at radius 2 is 1.12 bits per heavy atom. The van der Waals surface area contributed by atoms with Gasteiger partial charge in [0.1, 0.15) is 0 Å². The molecule has 0 bridgehead atoms. The Balaban J connectivity index is 5.91. The zero-order valence-corrected chi connectivity index (χ0v) is 10.7. The predicted molar refractivity (Wildman–Crippen MR) is 48.6 cm³/mol. The Morgan fingerprint density at radius 3 is 1.29 bits per heavy atom. The van der Waals surface area contributed by atoms with E-state index >= 15 is 0 Å². The van der Waals surface area contributed by atoms with Crippen LogP contribution in [0.2, 0.25) is 0 Å². The van der Waals surface area contributed by atoms with Crippen LogP contribution in [0.5, 0.6) is 0 Å². The van der Waals surface area contributed by atoms with Gasteiger partial charge in [0.05, 0.1) is 0 Å². The van der Waals surface area contributed by atoms with Gasteiger partial charge in [-0.05, 0) is 0 Å². The van der Waals surface area contributed by atoms with Gasteiger partial charge < -0.3 is 0 Å². The van der Waals surface area contributed by atoms with Crippen molar-refractivity contribution in [1.82, 2.24) is 0 Å². The van der Waals surface area contributed by atoms with E-state index in [4.69, 9.17) is 0 Å². The lowest BCUT2D eigenvalue weighted by Gasteiger charge is -2.32. The highest BCUT2D eigenvalue weighted by atomic mass is 127. The fourth-order valence-corrected chi connectivity index (χ4v) is 1.58. The Labute approximate surface area is 107 Å². The van der Waals surface area contributed by atoms with Gasteiger partial charge >= 0.3 is 30.1 Å². The van der Waals surface area contributed by atoms with Gasteiger partial charge in [-0.15, -0.1) is 0 Å². The van der Waals surface area contributed by atoms with Gasteiger partial charge in [0.25, 0.3) is 0 Å². The molecule has 0 radical (unpaired) electrons. The van der Waals surface area contributed by atoms with Crippen molar-refractivity contribution in [3.05, 3.63) is 0 Å². The maximum Gasteiger partial charge on any atom is 0.427 e. The molecule has 0 spiro atoms. The molecule has 13 heteroatoms. The first kappa shape index (κ1) is 17.4. The number of halogens is 10. The molecule has 0 rings (SSSR count). The standard InChI is InChI=1S/C4ClF8IO2S/c5-17(15,16)4(12,13)2(8,9)1(6,7)3(10,11)14. The maximum absolute atomic E-state index is 12.5. The average Bonchev–Trinajstić information content (AvgIpc) is 1.98. The van der Waals surface area contributed by atoms with Crippen molar-refractivity contribution >= 4 is 42.3 Å². The summed E-state index contributed by atoms with van der Waals surface area (Å²) < 4.78 is 113. The minimum atomic E-state index is -6.88. The number of hydrogen-bond acceptors (Lipinski definition) is 2. The summed E-state index contributed by atoms with van der Waals surface area (Å²) in [6.07, 6.45) is 0. The van der Waals surface area contributed by atoms with Gasteiger partial charge in [-0.1, -0.05) is 0 Å². The minimum Gasteiger partial charge on any atom is -0.206 e. The molecule has 104 valence electrons.